The monoisotopic (exact) mass is 199 g/mol. The van der Waals surface area contributed by atoms with Gasteiger partial charge in [0.1, 0.15) is 0 Å². The zero-order valence-corrected chi connectivity index (χ0v) is 9.34. The van der Waals surface area contributed by atoms with Crippen LogP contribution in [0.5, 0.6) is 0 Å². The number of hydrogen-bond acceptors (Lipinski definition) is 3. The molecular formula is C10H21N3O. The molecule has 0 aromatic rings. The lowest BCUT2D eigenvalue weighted by atomic mass is 10.2. The smallest absolute Gasteiger partial charge is 0.234 e. The molecular weight excluding hydrogens is 178 g/mol. The molecule has 0 radical (unpaired) electrons. The zero-order valence-electron chi connectivity index (χ0n) is 9.34. The van der Waals surface area contributed by atoms with E-state index in [0.717, 1.165) is 19.6 Å². The first-order chi connectivity index (χ1) is 6.59. The number of carbonyl (C=O) groups excluding carboxylic acids is 1. The average Bonchev–Trinajstić information content (AvgIpc) is 2.07. The Hall–Kier alpha value is -0.610. The van der Waals surface area contributed by atoms with Crippen molar-refractivity contribution in [3.05, 3.63) is 0 Å². The van der Waals surface area contributed by atoms with Crippen molar-refractivity contribution in [1.82, 2.24) is 15.5 Å². The first kappa shape index (κ1) is 11.5. The van der Waals surface area contributed by atoms with Gasteiger partial charge in [-0.15, -0.1) is 0 Å². The third-order valence-corrected chi connectivity index (χ3v) is 2.44. The number of rotatable bonds is 3. The van der Waals surface area contributed by atoms with E-state index in [1.54, 1.807) is 0 Å². The largest absolute Gasteiger partial charge is 0.353 e. The summed E-state index contributed by atoms with van der Waals surface area (Å²) in [5.41, 5.74) is 0. The lowest BCUT2D eigenvalue weighted by Gasteiger charge is -2.33. The SMILES string of the molecule is CC(C)NC(=O)CN1CCNC[C@@H]1C. The molecule has 1 heterocycles. The normalized spacial score (nSPS) is 23.9. The van der Waals surface area contributed by atoms with Crippen LogP contribution in [0.3, 0.4) is 0 Å². The van der Waals surface area contributed by atoms with Crippen LogP contribution < -0.4 is 10.6 Å². The second-order valence-electron chi connectivity index (χ2n) is 4.25. The van der Waals surface area contributed by atoms with E-state index in [1.807, 2.05) is 13.8 Å². The summed E-state index contributed by atoms with van der Waals surface area (Å²) in [5.74, 6) is 0.133. The van der Waals surface area contributed by atoms with Crippen LogP contribution in [0, 0.1) is 0 Å². The molecule has 82 valence electrons. The molecule has 0 spiro atoms. The molecule has 1 aliphatic heterocycles. The fourth-order valence-corrected chi connectivity index (χ4v) is 1.67. The summed E-state index contributed by atoms with van der Waals surface area (Å²) in [5, 5.41) is 6.21. The van der Waals surface area contributed by atoms with Crippen LogP contribution in [-0.4, -0.2) is 49.1 Å². The van der Waals surface area contributed by atoms with Gasteiger partial charge in [0.25, 0.3) is 0 Å². The maximum absolute atomic E-state index is 11.5. The Morgan fingerprint density at radius 1 is 1.64 bits per heavy atom. The Labute approximate surface area is 86.0 Å². The van der Waals surface area contributed by atoms with Crippen molar-refractivity contribution >= 4 is 5.91 Å². The quantitative estimate of drug-likeness (QED) is 0.662. The lowest BCUT2D eigenvalue weighted by Crippen LogP contribution is -2.53. The van der Waals surface area contributed by atoms with Gasteiger partial charge in [0.2, 0.25) is 5.91 Å². The first-order valence-electron chi connectivity index (χ1n) is 5.33. The predicted molar refractivity (Wildman–Crippen MR) is 57.2 cm³/mol. The van der Waals surface area contributed by atoms with Crippen LogP contribution in [0.25, 0.3) is 0 Å². The molecule has 0 aromatic heterocycles. The van der Waals surface area contributed by atoms with Crippen LogP contribution in [0.15, 0.2) is 0 Å². The summed E-state index contributed by atoms with van der Waals surface area (Å²) in [4.78, 5) is 13.7. The van der Waals surface area contributed by atoms with Gasteiger partial charge in [-0.3, -0.25) is 9.69 Å². The number of carbonyl (C=O) groups is 1. The van der Waals surface area contributed by atoms with E-state index < -0.39 is 0 Å². The summed E-state index contributed by atoms with van der Waals surface area (Å²) in [7, 11) is 0. The van der Waals surface area contributed by atoms with Crippen molar-refractivity contribution in [2.45, 2.75) is 32.9 Å². The molecule has 0 aliphatic carbocycles. The highest BCUT2D eigenvalue weighted by molar-refractivity contribution is 5.78. The molecule has 4 heteroatoms. The maximum Gasteiger partial charge on any atom is 0.234 e. The molecule has 14 heavy (non-hydrogen) atoms. The van der Waals surface area contributed by atoms with Crippen molar-refractivity contribution in [2.24, 2.45) is 0 Å². The number of nitrogens with zero attached hydrogens (tertiary/aromatic N) is 1. The van der Waals surface area contributed by atoms with E-state index in [9.17, 15) is 4.79 Å². The lowest BCUT2D eigenvalue weighted by molar-refractivity contribution is -0.123. The number of amides is 1. The molecule has 1 saturated heterocycles. The van der Waals surface area contributed by atoms with Gasteiger partial charge in [0, 0.05) is 31.7 Å². The Bertz CT molecular complexity index is 194. The fraction of sp³-hybridized carbons (Fsp3) is 0.900. The molecule has 1 rings (SSSR count). The van der Waals surface area contributed by atoms with Crippen LogP contribution in [0.1, 0.15) is 20.8 Å². The Kier molecular flexibility index (Phi) is 4.35. The van der Waals surface area contributed by atoms with Gasteiger partial charge in [-0.2, -0.15) is 0 Å². The Morgan fingerprint density at radius 3 is 2.93 bits per heavy atom. The van der Waals surface area contributed by atoms with Crippen molar-refractivity contribution < 1.29 is 4.79 Å². The van der Waals surface area contributed by atoms with Crippen molar-refractivity contribution in [3.8, 4) is 0 Å². The van der Waals surface area contributed by atoms with Crippen molar-refractivity contribution in [3.63, 3.8) is 0 Å². The number of piperazine rings is 1. The minimum Gasteiger partial charge on any atom is -0.353 e. The molecule has 1 aliphatic rings. The van der Waals surface area contributed by atoms with Crippen LogP contribution in [-0.2, 0) is 4.79 Å². The standard InChI is InChI=1S/C10H21N3O/c1-8(2)12-10(14)7-13-5-4-11-6-9(13)3/h8-9,11H,4-7H2,1-3H3,(H,12,14)/t9-/m0/s1. The second kappa shape index (κ2) is 5.32. The van der Waals surface area contributed by atoms with Gasteiger partial charge in [-0.1, -0.05) is 0 Å². The van der Waals surface area contributed by atoms with Crippen LogP contribution >= 0.6 is 0 Å². The van der Waals surface area contributed by atoms with Gasteiger partial charge in [0.05, 0.1) is 6.54 Å². The van der Waals surface area contributed by atoms with E-state index in [1.165, 1.54) is 0 Å². The van der Waals surface area contributed by atoms with Gasteiger partial charge in [0.15, 0.2) is 0 Å². The highest BCUT2D eigenvalue weighted by Gasteiger charge is 2.20. The maximum atomic E-state index is 11.5. The summed E-state index contributed by atoms with van der Waals surface area (Å²) in [6.07, 6.45) is 0. The molecule has 1 fully saturated rings. The molecule has 1 atom stereocenters. The second-order valence-corrected chi connectivity index (χ2v) is 4.25. The molecule has 0 aromatic carbocycles. The van der Waals surface area contributed by atoms with E-state index >= 15 is 0 Å². The van der Waals surface area contributed by atoms with E-state index in [4.69, 9.17) is 0 Å². The fourth-order valence-electron chi connectivity index (χ4n) is 1.67. The summed E-state index contributed by atoms with van der Waals surface area (Å²) in [6, 6.07) is 0.697. The van der Waals surface area contributed by atoms with Gasteiger partial charge >= 0.3 is 0 Å². The summed E-state index contributed by atoms with van der Waals surface area (Å²) < 4.78 is 0. The zero-order chi connectivity index (χ0) is 10.6. The van der Waals surface area contributed by atoms with Gasteiger partial charge in [-0.25, -0.2) is 0 Å². The molecule has 0 bridgehead atoms. The molecule has 0 unspecified atom stereocenters. The third kappa shape index (κ3) is 3.64. The molecule has 2 N–H and O–H groups in total. The highest BCUT2D eigenvalue weighted by Crippen LogP contribution is 2.01. The summed E-state index contributed by atoms with van der Waals surface area (Å²) in [6.45, 7) is 9.58. The van der Waals surface area contributed by atoms with Crippen LogP contribution in [0.2, 0.25) is 0 Å². The Morgan fingerprint density at radius 2 is 2.36 bits per heavy atom. The van der Waals surface area contributed by atoms with E-state index in [0.29, 0.717) is 12.6 Å². The summed E-state index contributed by atoms with van der Waals surface area (Å²) >= 11 is 0. The predicted octanol–water partition coefficient (Wildman–Crippen LogP) is -0.195. The number of hydrogen-bond donors (Lipinski definition) is 2. The number of nitrogens with one attached hydrogen (secondary N) is 2. The third-order valence-electron chi connectivity index (χ3n) is 2.44. The first-order valence-corrected chi connectivity index (χ1v) is 5.33. The topological polar surface area (TPSA) is 44.4 Å². The average molecular weight is 199 g/mol. The minimum absolute atomic E-state index is 0.133. The van der Waals surface area contributed by atoms with Crippen molar-refractivity contribution in [1.29, 1.82) is 0 Å². The van der Waals surface area contributed by atoms with E-state index in [2.05, 4.69) is 22.5 Å². The van der Waals surface area contributed by atoms with Crippen LogP contribution in [0.4, 0.5) is 0 Å². The molecule has 0 saturated carbocycles. The molecule has 1 amide bonds. The Balaban J connectivity index is 2.31. The van der Waals surface area contributed by atoms with E-state index in [-0.39, 0.29) is 11.9 Å². The van der Waals surface area contributed by atoms with Gasteiger partial charge < -0.3 is 10.6 Å². The van der Waals surface area contributed by atoms with Gasteiger partial charge in [-0.05, 0) is 20.8 Å². The van der Waals surface area contributed by atoms with Crippen molar-refractivity contribution in [2.75, 3.05) is 26.2 Å². The highest BCUT2D eigenvalue weighted by atomic mass is 16.2. The minimum atomic E-state index is 0.133. The molecule has 4 nitrogen and oxygen atoms in total.